The van der Waals surface area contributed by atoms with E-state index in [1.54, 1.807) is 18.1 Å². The molecular formula is C28H27N3O3S. The minimum absolute atomic E-state index is 0.122. The monoisotopic (exact) mass is 485 g/mol. The summed E-state index contributed by atoms with van der Waals surface area (Å²) < 4.78 is 5.21. The van der Waals surface area contributed by atoms with Crippen LogP contribution in [0.15, 0.2) is 77.4 Å². The van der Waals surface area contributed by atoms with Gasteiger partial charge in [0.2, 0.25) is 5.91 Å². The normalized spacial score (nSPS) is 14.3. The number of rotatable bonds is 6. The number of carbonyl (C=O) groups excluding carboxylic acids is 2. The molecule has 0 unspecified atom stereocenters. The van der Waals surface area contributed by atoms with Crippen molar-refractivity contribution in [2.75, 3.05) is 23.1 Å². The van der Waals surface area contributed by atoms with Crippen molar-refractivity contribution in [2.24, 2.45) is 4.99 Å². The molecule has 1 aliphatic heterocycles. The van der Waals surface area contributed by atoms with Crippen LogP contribution in [0.3, 0.4) is 0 Å². The fraction of sp³-hybridized carbons (Fsp3) is 0.179. The third-order valence-corrected chi connectivity index (χ3v) is 6.29. The van der Waals surface area contributed by atoms with Crippen LogP contribution in [0.1, 0.15) is 22.3 Å². The second kappa shape index (κ2) is 10.6. The number of methoxy groups -OCH3 is 1. The lowest BCUT2D eigenvalue weighted by Gasteiger charge is -2.19. The molecule has 0 aliphatic carbocycles. The maximum absolute atomic E-state index is 13.4. The minimum atomic E-state index is -0.229. The predicted octanol–water partition coefficient (Wildman–Crippen LogP) is 5.74. The first kappa shape index (κ1) is 24.3. The lowest BCUT2D eigenvalue weighted by Crippen LogP contribution is -2.31. The number of anilines is 2. The standard InChI is InChI=1S/C28H27N3O3S/c1-18-6-5-7-22(13-18)29-26(32)17-35-28-30-25(16-21-8-10-24(34-4)11-9-21)27(33)31(28)23-14-19(2)12-20(3)15-23/h5-16H,17H2,1-4H3,(H,29,32)/b25-16+. The molecule has 0 bridgehead atoms. The minimum Gasteiger partial charge on any atom is -0.497 e. The van der Waals surface area contributed by atoms with Crippen LogP contribution in [-0.2, 0) is 9.59 Å². The third-order valence-electron chi connectivity index (χ3n) is 5.35. The van der Waals surface area contributed by atoms with Gasteiger partial charge in [-0.1, -0.05) is 42.1 Å². The van der Waals surface area contributed by atoms with Gasteiger partial charge in [-0.15, -0.1) is 0 Å². The summed E-state index contributed by atoms with van der Waals surface area (Å²) in [7, 11) is 1.61. The number of amidine groups is 1. The number of thioether (sulfide) groups is 1. The van der Waals surface area contributed by atoms with E-state index in [0.717, 1.165) is 39.4 Å². The van der Waals surface area contributed by atoms with Crippen molar-refractivity contribution in [1.82, 2.24) is 0 Å². The number of amides is 2. The van der Waals surface area contributed by atoms with Crippen molar-refractivity contribution in [3.8, 4) is 5.75 Å². The number of hydrogen-bond donors (Lipinski definition) is 1. The number of hydrogen-bond acceptors (Lipinski definition) is 5. The molecule has 3 aromatic rings. The van der Waals surface area contributed by atoms with Crippen molar-refractivity contribution in [2.45, 2.75) is 20.8 Å². The molecule has 178 valence electrons. The molecule has 0 fully saturated rings. The summed E-state index contributed by atoms with van der Waals surface area (Å²) in [6.45, 7) is 5.95. The van der Waals surface area contributed by atoms with E-state index >= 15 is 0 Å². The quantitative estimate of drug-likeness (QED) is 0.452. The number of nitrogens with zero attached hydrogens (tertiary/aromatic N) is 2. The molecule has 0 atom stereocenters. The molecule has 3 aromatic carbocycles. The Morgan fingerprint density at radius 3 is 2.37 bits per heavy atom. The first-order chi connectivity index (χ1) is 16.8. The zero-order chi connectivity index (χ0) is 24.9. The van der Waals surface area contributed by atoms with Crippen molar-refractivity contribution >= 4 is 46.2 Å². The van der Waals surface area contributed by atoms with Crippen molar-refractivity contribution in [1.29, 1.82) is 0 Å². The van der Waals surface area contributed by atoms with Gasteiger partial charge in [0, 0.05) is 5.69 Å². The van der Waals surface area contributed by atoms with Gasteiger partial charge >= 0.3 is 0 Å². The average molecular weight is 486 g/mol. The van der Waals surface area contributed by atoms with Crippen molar-refractivity contribution in [3.05, 3.63) is 94.7 Å². The fourth-order valence-corrected chi connectivity index (χ4v) is 4.62. The molecule has 35 heavy (non-hydrogen) atoms. The number of carbonyl (C=O) groups is 2. The zero-order valence-electron chi connectivity index (χ0n) is 20.2. The van der Waals surface area contributed by atoms with Crippen LogP contribution in [0.2, 0.25) is 0 Å². The van der Waals surface area contributed by atoms with E-state index in [9.17, 15) is 9.59 Å². The zero-order valence-corrected chi connectivity index (χ0v) is 21.0. The van der Waals surface area contributed by atoms with Gasteiger partial charge in [-0.25, -0.2) is 4.99 Å². The van der Waals surface area contributed by atoms with Gasteiger partial charge in [0.15, 0.2) is 5.17 Å². The molecule has 7 heteroatoms. The molecular weight excluding hydrogens is 458 g/mol. The van der Waals surface area contributed by atoms with E-state index in [2.05, 4.69) is 16.4 Å². The van der Waals surface area contributed by atoms with E-state index in [0.29, 0.717) is 10.9 Å². The van der Waals surface area contributed by atoms with Gasteiger partial charge in [0.1, 0.15) is 11.4 Å². The molecule has 0 aromatic heterocycles. The average Bonchev–Trinajstić information content (AvgIpc) is 3.12. The summed E-state index contributed by atoms with van der Waals surface area (Å²) in [6, 6.07) is 21.0. The summed E-state index contributed by atoms with van der Waals surface area (Å²) in [4.78, 5) is 32.3. The fourth-order valence-electron chi connectivity index (χ4n) is 3.81. The van der Waals surface area contributed by atoms with Crippen LogP contribution in [0, 0.1) is 20.8 Å². The second-order valence-electron chi connectivity index (χ2n) is 8.39. The topological polar surface area (TPSA) is 71.0 Å². The summed E-state index contributed by atoms with van der Waals surface area (Å²) in [6.07, 6.45) is 1.75. The lowest BCUT2D eigenvalue weighted by molar-refractivity contribution is -0.114. The Hall–Kier alpha value is -3.84. The van der Waals surface area contributed by atoms with Crippen LogP contribution in [0.4, 0.5) is 11.4 Å². The second-order valence-corrected chi connectivity index (χ2v) is 9.33. The summed E-state index contributed by atoms with van der Waals surface area (Å²) in [5.41, 5.74) is 5.78. The van der Waals surface area contributed by atoms with E-state index < -0.39 is 0 Å². The first-order valence-corrected chi connectivity index (χ1v) is 12.2. The first-order valence-electron chi connectivity index (χ1n) is 11.2. The van der Waals surface area contributed by atoms with Crippen LogP contribution in [0.25, 0.3) is 6.08 Å². The number of aryl methyl sites for hydroxylation is 3. The Morgan fingerprint density at radius 1 is 1.00 bits per heavy atom. The Balaban J connectivity index is 1.60. The molecule has 1 heterocycles. The molecule has 4 rings (SSSR count). The molecule has 0 saturated carbocycles. The maximum Gasteiger partial charge on any atom is 0.283 e. The van der Waals surface area contributed by atoms with E-state index in [1.807, 2.05) is 81.4 Å². The van der Waals surface area contributed by atoms with Gasteiger partial charge in [-0.3, -0.25) is 14.5 Å². The number of benzene rings is 3. The third kappa shape index (κ3) is 6.00. The SMILES string of the molecule is COc1ccc(/C=C2/N=C(SCC(=O)Nc3cccc(C)c3)N(c3cc(C)cc(C)c3)C2=O)cc1. The van der Waals surface area contributed by atoms with Crippen LogP contribution in [-0.4, -0.2) is 29.8 Å². The highest BCUT2D eigenvalue weighted by molar-refractivity contribution is 8.14. The number of aliphatic imine (C=N–C) groups is 1. The Morgan fingerprint density at radius 2 is 1.71 bits per heavy atom. The Kier molecular flexibility index (Phi) is 7.36. The molecule has 0 spiro atoms. The van der Waals surface area contributed by atoms with Crippen molar-refractivity contribution < 1.29 is 14.3 Å². The Bertz CT molecular complexity index is 1310. The smallest absolute Gasteiger partial charge is 0.283 e. The molecule has 1 N–H and O–H groups in total. The van der Waals surface area contributed by atoms with Gasteiger partial charge < -0.3 is 10.1 Å². The highest BCUT2D eigenvalue weighted by Crippen LogP contribution is 2.31. The van der Waals surface area contributed by atoms with Crippen LogP contribution < -0.4 is 15.0 Å². The Labute approximate surface area is 209 Å². The van der Waals surface area contributed by atoms with E-state index in [4.69, 9.17) is 4.74 Å². The highest BCUT2D eigenvalue weighted by Gasteiger charge is 2.32. The van der Waals surface area contributed by atoms with Gasteiger partial charge in [-0.05, 0) is 85.5 Å². The molecule has 6 nitrogen and oxygen atoms in total. The molecule has 1 aliphatic rings. The molecule has 0 saturated heterocycles. The number of nitrogens with one attached hydrogen (secondary N) is 1. The maximum atomic E-state index is 13.4. The van der Waals surface area contributed by atoms with Gasteiger partial charge in [0.05, 0.1) is 18.6 Å². The van der Waals surface area contributed by atoms with Crippen LogP contribution in [0.5, 0.6) is 5.75 Å². The summed E-state index contributed by atoms with van der Waals surface area (Å²) >= 11 is 1.24. The van der Waals surface area contributed by atoms with E-state index in [1.165, 1.54) is 11.8 Å². The van der Waals surface area contributed by atoms with Gasteiger partial charge in [-0.2, -0.15) is 0 Å². The van der Waals surface area contributed by atoms with Gasteiger partial charge in [0.25, 0.3) is 5.91 Å². The van der Waals surface area contributed by atoms with E-state index in [-0.39, 0.29) is 17.6 Å². The largest absolute Gasteiger partial charge is 0.497 e. The number of ether oxygens (including phenoxy) is 1. The molecule has 2 amide bonds. The highest BCUT2D eigenvalue weighted by atomic mass is 32.2. The summed E-state index contributed by atoms with van der Waals surface area (Å²) in [5.74, 6) is 0.467. The molecule has 0 radical (unpaired) electrons. The summed E-state index contributed by atoms with van der Waals surface area (Å²) in [5, 5.41) is 3.38. The lowest BCUT2D eigenvalue weighted by atomic mass is 10.1. The van der Waals surface area contributed by atoms with Crippen molar-refractivity contribution in [3.63, 3.8) is 0 Å². The van der Waals surface area contributed by atoms with Crippen LogP contribution >= 0.6 is 11.8 Å². The predicted molar refractivity (Wildman–Crippen MR) is 144 cm³/mol.